The first kappa shape index (κ1) is 13.5. The molecule has 0 atom stereocenters. The Morgan fingerprint density at radius 2 is 1.22 bits per heavy atom. The lowest BCUT2D eigenvalue weighted by molar-refractivity contribution is -0.355. The number of fused-ring (bicyclic) bond motifs is 1. The van der Waals surface area contributed by atoms with Crippen LogP contribution in [0.3, 0.4) is 0 Å². The van der Waals surface area contributed by atoms with Crippen LogP contribution in [0.4, 0.5) is 5.69 Å². The van der Waals surface area contributed by atoms with Gasteiger partial charge < -0.3 is 5.21 Å². The lowest BCUT2D eigenvalue weighted by atomic mass is 9.99. The zero-order valence-electron chi connectivity index (χ0n) is 12.3. The van der Waals surface area contributed by atoms with Gasteiger partial charge in [0.1, 0.15) is 5.56 Å². The number of Topliss-reactive ketones (excluding diaryl/α,β-unsaturated/α-hetero) is 1. The number of carbonyl (C=O) groups excluding carboxylic acids is 1. The fourth-order valence-electron chi connectivity index (χ4n) is 2.88. The van der Waals surface area contributed by atoms with Gasteiger partial charge in [-0.25, -0.2) is 0 Å². The molecule has 1 aliphatic rings. The van der Waals surface area contributed by atoms with E-state index in [4.69, 9.17) is 0 Å². The highest BCUT2D eigenvalue weighted by atomic mass is 16.5. The molecule has 0 saturated heterocycles. The third-order valence-corrected chi connectivity index (χ3v) is 4.05. The lowest BCUT2D eigenvalue weighted by Crippen LogP contribution is -2.16. The van der Waals surface area contributed by atoms with E-state index in [1.165, 1.54) is 0 Å². The van der Waals surface area contributed by atoms with Crippen molar-refractivity contribution in [3.63, 3.8) is 0 Å². The van der Waals surface area contributed by atoms with Crippen molar-refractivity contribution in [3.05, 3.63) is 95.2 Å². The molecule has 1 aliphatic heterocycles. The van der Waals surface area contributed by atoms with Gasteiger partial charge in [-0.15, -0.1) is 0 Å². The highest BCUT2D eigenvalue weighted by Crippen LogP contribution is 2.28. The molecule has 0 saturated carbocycles. The Morgan fingerprint density at radius 1 is 0.652 bits per heavy atom. The second-order valence-electron chi connectivity index (χ2n) is 5.43. The normalized spacial score (nSPS) is 13.3. The Kier molecular flexibility index (Phi) is 3.05. The molecule has 3 nitrogen and oxygen atoms in total. The standard InChI is InChI=1S/C20H13NO2/c22-20-17-8-4-5-9-18(17)21(23)19(20)16-12-10-15(11-13-16)14-6-2-1-3-7-14/h1-13H. The minimum Gasteiger partial charge on any atom is -0.618 e. The van der Waals surface area contributed by atoms with Gasteiger partial charge in [-0.3, -0.25) is 4.79 Å². The van der Waals surface area contributed by atoms with E-state index >= 15 is 0 Å². The van der Waals surface area contributed by atoms with Crippen LogP contribution in [0.15, 0.2) is 78.9 Å². The number of benzene rings is 3. The Balaban J connectivity index is 1.75. The second kappa shape index (κ2) is 5.21. The molecule has 0 spiro atoms. The summed E-state index contributed by atoms with van der Waals surface area (Å²) in [6.07, 6.45) is 0. The highest BCUT2D eigenvalue weighted by Gasteiger charge is 2.35. The van der Waals surface area contributed by atoms with Crippen LogP contribution in [0.5, 0.6) is 0 Å². The maximum Gasteiger partial charge on any atom is 0.272 e. The quantitative estimate of drug-likeness (QED) is 0.526. The minimum atomic E-state index is -0.219. The number of nitrogens with zero attached hydrogens (tertiary/aromatic N) is 1. The minimum absolute atomic E-state index is 0.186. The van der Waals surface area contributed by atoms with Gasteiger partial charge >= 0.3 is 0 Å². The SMILES string of the molecule is O=C1C(c2ccc(-c3ccccc3)cc2)=[N+]([O-])c2ccccc21. The van der Waals surface area contributed by atoms with Gasteiger partial charge in [0, 0.05) is 6.07 Å². The maximum atomic E-state index is 12.5. The smallest absolute Gasteiger partial charge is 0.272 e. The monoisotopic (exact) mass is 299 g/mol. The fraction of sp³-hybridized carbons (Fsp3) is 0. The van der Waals surface area contributed by atoms with Gasteiger partial charge in [-0.2, -0.15) is 4.74 Å². The molecular formula is C20H13NO2. The van der Waals surface area contributed by atoms with Crippen LogP contribution in [0.25, 0.3) is 11.1 Å². The molecule has 3 aromatic carbocycles. The molecule has 0 aromatic heterocycles. The van der Waals surface area contributed by atoms with E-state index in [1.807, 2.05) is 54.6 Å². The topological polar surface area (TPSA) is 43.1 Å². The van der Waals surface area contributed by atoms with Gasteiger partial charge in [0.05, 0.1) is 5.56 Å². The molecule has 0 fully saturated rings. The van der Waals surface area contributed by atoms with Crippen molar-refractivity contribution in [2.75, 3.05) is 0 Å². The molecule has 23 heavy (non-hydrogen) atoms. The van der Waals surface area contributed by atoms with Crippen LogP contribution in [0.1, 0.15) is 15.9 Å². The van der Waals surface area contributed by atoms with E-state index in [-0.39, 0.29) is 11.5 Å². The van der Waals surface area contributed by atoms with E-state index < -0.39 is 0 Å². The largest absolute Gasteiger partial charge is 0.618 e. The Bertz CT molecular complexity index is 925. The molecule has 0 unspecified atom stereocenters. The summed E-state index contributed by atoms with van der Waals surface area (Å²) in [5.41, 5.74) is 3.86. The number of carbonyl (C=O) groups is 1. The predicted molar refractivity (Wildman–Crippen MR) is 90.0 cm³/mol. The molecule has 4 rings (SSSR count). The number of hydrogen-bond donors (Lipinski definition) is 0. The van der Waals surface area contributed by atoms with Crippen LogP contribution >= 0.6 is 0 Å². The van der Waals surface area contributed by atoms with Gasteiger partial charge in [0.15, 0.2) is 0 Å². The second-order valence-corrected chi connectivity index (χ2v) is 5.43. The Labute approximate surface area is 133 Å². The van der Waals surface area contributed by atoms with Crippen molar-refractivity contribution in [2.24, 2.45) is 0 Å². The molecule has 0 N–H and O–H groups in total. The van der Waals surface area contributed by atoms with E-state index in [1.54, 1.807) is 24.3 Å². The predicted octanol–water partition coefficient (Wildman–Crippen LogP) is 4.18. The summed E-state index contributed by atoms with van der Waals surface area (Å²) in [6.45, 7) is 0. The molecule has 0 aliphatic carbocycles. The van der Waals surface area contributed by atoms with Crippen molar-refractivity contribution in [3.8, 4) is 11.1 Å². The van der Waals surface area contributed by atoms with Crippen molar-refractivity contribution in [1.29, 1.82) is 0 Å². The van der Waals surface area contributed by atoms with Crippen LogP contribution in [-0.4, -0.2) is 16.2 Å². The molecule has 0 bridgehead atoms. The molecule has 110 valence electrons. The third kappa shape index (κ3) is 2.14. The summed E-state index contributed by atoms with van der Waals surface area (Å²) < 4.78 is 0.731. The molecule has 3 heteroatoms. The first-order valence-electron chi connectivity index (χ1n) is 7.39. The zero-order valence-corrected chi connectivity index (χ0v) is 12.3. The summed E-state index contributed by atoms with van der Waals surface area (Å²) in [5.74, 6) is -0.219. The number of rotatable bonds is 2. The number of para-hydroxylation sites is 1. The number of hydrogen-bond acceptors (Lipinski definition) is 2. The van der Waals surface area contributed by atoms with Crippen LogP contribution in [-0.2, 0) is 0 Å². The van der Waals surface area contributed by atoms with Crippen LogP contribution in [0, 0.1) is 5.21 Å². The van der Waals surface area contributed by atoms with Crippen molar-refractivity contribution < 1.29 is 9.53 Å². The summed E-state index contributed by atoms with van der Waals surface area (Å²) in [7, 11) is 0. The molecule has 0 radical (unpaired) electrons. The van der Waals surface area contributed by atoms with Gasteiger partial charge in [-0.1, -0.05) is 54.6 Å². The maximum absolute atomic E-state index is 12.5. The number of ketones is 1. The van der Waals surface area contributed by atoms with E-state index in [2.05, 4.69) is 0 Å². The average molecular weight is 299 g/mol. The van der Waals surface area contributed by atoms with Gasteiger partial charge in [0.2, 0.25) is 5.69 Å². The third-order valence-electron chi connectivity index (χ3n) is 4.05. The van der Waals surface area contributed by atoms with Gasteiger partial charge in [-0.05, 0) is 29.3 Å². The van der Waals surface area contributed by atoms with Gasteiger partial charge in [0.25, 0.3) is 11.5 Å². The van der Waals surface area contributed by atoms with Crippen LogP contribution < -0.4 is 0 Å². The summed E-state index contributed by atoms with van der Waals surface area (Å²) in [6, 6.07) is 24.4. The van der Waals surface area contributed by atoms with Crippen LogP contribution in [0.2, 0.25) is 0 Å². The zero-order chi connectivity index (χ0) is 15.8. The van der Waals surface area contributed by atoms with E-state index in [0.29, 0.717) is 16.8 Å². The van der Waals surface area contributed by atoms with Crippen molar-refractivity contribution in [2.45, 2.75) is 0 Å². The Hall–Kier alpha value is -3.20. The van der Waals surface area contributed by atoms with E-state index in [0.717, 1.165) is 15.9 Å². The van der Waals surface area contributed by atoms with E-state index in [9.17, 15) is 10.0 Å². The molecular weight excluding hydrogens is 286 g/mol. The average Bonchev–Trinajstić information content (AvgIpc) is 2.87. The highest BCUT2D eigenvalue weighted by molar-refractivity contribution is 6.52. The summed E-state index contributed by atoms with van der Waals surface area (Å²) >= 11 is 0. The Morgan fingerprint density at radius 3 is 1.91 bits per heavy atom. The fourth-order valence-corrected chi connectivity index (χ4v) is 2.88. The van der Waals surface area contributed by atoms with Crippen molar-refractivity contribution >= 4 is 17.2 Å². The van der Waals surface area contributed by atoms with Crippen molar-refractivity contribution in [1.82, 2.24) is 0 Å². The lowest BCUT2D eigenvalue weighted by Gasteiger charge is -2.04. The first-order chi connectivity index (χ1) is 11.3. The summed E-state index contributed by atoms with van der Waals surface area (Å²) in [5, 5.41) is 12.4. The molecule has 1 heterocycles. The first-order valence-corrected chi connectivity index (χ1v) is 7.39. The molecule has 0 amide bonds. The summed E-state index contributed by atoms with van der Waals surface area (Å²) in [4.78, 5) is 12.5. The molecule has 3 aromatic rings.